The zero-order valence-electron chi connectivity index (χ0n) is 10.9. The van der Waals surface area contributed by atoms with Gasteiger partial charge in [-0.15, -0.1) is 0 Å². The number of carboxylic acids is 1. The van der Waals surface area contributed by atoms with E-state index in [1.165, 1.54) is 0 Å². The summed E-state index contributed by atoms with van der Waals surface area (Å²) in [6.45, 7) is 2.10. The maximum absolute atomic E-state index is 11.9. The molecule has 0 saturated carbocycles. The fraction of sp³-hybridized carbons (Fsp3) is 0.417. The van der Waals surface area contributed by atoms with E-state index in [-0.39, 0.29) is 19.9 Å². The highest BCUT2D eigenvalue weighted by Gasteiger charge is 2.24. The zero-order chi connectivity index (χ0) is 14.8. The molecule has 20 heavy (non-hydrogen) atoms. The van der Waals surface area contributed by atoms with Crippen LogP contribution in [0, 0.1) is 0 Å². The van der Waals surface area contributed by atoms with Gasteiger partial charge in [-0.2, -0.15) is 4.31 Å². The number of benzene rings is 1. The Morgan fingerprint density at radius 3 is 2.70 bits per heavy atom. The molecule has 1 aromatic rings. The summed E-state index contributed by atoms with van der Waals surface area (Å²) in [6.07, 6.45) is 0. The molecule has 110 valence electrons. The van der Waals surface area contributed by atoms with Crippen LogP contribution in [0.5, 0.6) is 11.5 Å². The van der Waals surface area contributed by atoms with Gasteiger partial charge in [0.25, 0.3) is 0 Å². The zero-order valence-corrected chi connectivity index (χ0v) is 11.7. The number of nitrogens with zero attached hydrogens (tertiary/aromatic N) is 1. The lowest BCUT2D eigenvalue weighted by Gasteiger charge is -2.19. The molecule has 1 N–H and O–H groups in total. The Morgan fingerprint density at radius 1 is 1.35 bits per heavy atom. The Morgan fingerprint density at radius 2 is 2.05 bits per heavy atom. The fourth-order valence-corrected chi connectivity index (χ4v) is 3.13. The second-order valence-corrected chi connectivity index (χ2v) is 6.23. The maximum Gasteiger partial charge on any atom is 0.320 e. The van der Waals surface area contributed by atoms with Crippen molar-refractivity contribution < 1.29 is 27.8 Å². The largest absolute Gasteiger partial charge is 0.480 e. The van der Waals surface area contributed by atoms with Gasteiger partial charge in [-0.25, -0.2) is 8.42 Å². The third-order valence-electron chi connectivity index (χ3n) is 2.85. The van der Waals surface area contributed by atoms with Crippen molar-refractivity contribution in [3.05, 3.63) is 23.8 Å². The molecule has 0 atom stereocenters. The molecule has 0 bridgehead atoms. The van der Waals surface area contributed by atoms with Gasteiger partial charge in [0.05, 0.1) is 0 Å². The predicted octanol–water partition coefficient (Wildman–Crippen LogP) is 0.652. The number of carbonyl (C=O) groups is 1. The van der Waals surface area contributed by atoms with Crippen molar-refractivity contribution in [2.45, 2.75) is 13.5 Å². The summed E-state index contributed by atoms with van der Waals surface area (Å²) in [5.74, 6) is -1.10. The molecular weight excluding hydrogens is 286 g/mol. The SMILES string of the molecule is CCN(Cc1ccc2c(c1)OCO2)S(=O)(=O)CC(=O)O. The Hall–Kier alpha value is -1.80. The number of rotatable bonds is 6. The smallest absolute Gasteiger partial charge is 0.320 e. The number of sulfonamides is 1. The van der Waals surface area contributed by atoms with Crippen molar-refractivity contribution in [3.8, 4) is 11.5 Å². The quantitative estimate of drug-likeness (QED) is 0.829. The predicted molar refractivity (Wildman–Crippen MR) is 70.1 cm³/mol. The normalized spacial score (nSPS) is 13.7. The Bertz CT molecular complexity index is 612. The van der Waals surface area contributed by atoms with Crippen molar-refractivity contribution >= 4 is 16.0 Å². The molecule has 2 rings (SSSR count). The maximum atomic E-state index is 11.9. The van der Waals surface area contributed by atoms with E-state index in [1.807, 2.05) is 0 Å². The standard InChI is InChI=1S/C12H15NO6S/c1-2-13(20(16,17)7-12(14)15)6-9-3-4-10-11(5-9)19-8-18-10/h3-5H,2,6-8H2,1H3,(H,14,15). The highest BCUT2D eigenvalue weighted by Crippen LogP contribution is 2.32. The first kappa shape index (κ1) is 14.6. The van der Waals surface area contributed by atoms with Gasteiger partial charge < -0.3 is 14.6 Å². The molecule has 0 radical (unpaired) electrons. The molecule has 1 heterocycles. The molecule has 0 spiro atoms. The third kappa shape index (κ3) is 3.20. The number of carboxylic acid groups (broad SMARTS) is 1. The van der Waals surface area contributed by atoms with Gasteiger partial charge in [-0.05, 0) is 17.7 Å². The number of hydrogen-bond donors (Lipinski definition) is 1. The van der Waals surface area contributed by atoms with Crippen molar-refractivity contribution in [1.82, 2.24) is 4.31 Å². The summed E-state index contributed by atoms with van der Waals surface area (Å²) in [5.41, 5.74) is 0.713. The molecule has 0 aromatic heterocycles. The average molecular weight is 301 g/mol. The first-order chi connectivity index (χ1) is 9.42. The summed E-state index contributed by atoms with van der Waals surface area (Å²) in [4.78, 5) is 10.6. The van der Waals surface area contributed by atoms with Crippen molar-refractivity contribution in [2.75, 3.05) is 19.1 Å². The van der Waals surface area contributed by atoms with Gasteiger partial charge in [-0.1, -0.05) is 13.0 Å². The Kier molecular flexibility index (Phi) is 4.15. The average Bonchev–Trinajstić information content (AvgIpc) is 2.81. The molecule has 8 heteroatoms. The molecule has 0 saturated heterocycles. The van der Waals surface area contributed by atoms with E-state index in [0.717, 1.165) is 4.31 Å². The molecule has 1 aliphatic heterocycles. The van der Waals surface area contributed by atoms with E-state index in [1.54, 1.807) is 25.1 Å². The first-order valence-electron chi connectivity index (χ1n) is 6.00. The van der Waals surface area contributed by atoms with Crippen LogP contribution in [-0.2, 0) is 21.4 Å². The summed E-state index contributed by atoms with van der Waals surface area (Å²) >= 11 is 0. The van der Waals surface area contributed by atoms with Gasteiger partial charge in [0, 0.05) is 13.1 Å². The van der Waals surface area contributed by atoms with Crippen LogP contribution in [0.25, 0.3) is 0 Å². The number of ether oxygens (including phenoxy) is 2. The summed E-state index contributed by atoms with van der Waals surface area (Å²) in [7, 11) is -3.82. The van der Waals surface area contributed by atoms with Crippen LogP contribution in [0.1, 0.15) is 12.5 Å². The third-order valence-corrected chi connectivity index (χ3v) is 4.63. The fourth-order valence-electron chi connectivity index (χ4n) is 1.90. The molecule has 0 unspecified atom stereocenters. The molecule has 0 aliphatic carbocycles. The van der Waals surface area contributed by atoms with E-state index < -0.39 is 21.7 Å². The summed E-state index contributed by atoms with van der Waals surface area (Å²) < 4.78 is 35.3. The lowest BCUT2D eigenvalue weighted by Crippen LogP contribution is -2.34. The van der Waals surface area contributed by atoms with E-state index in [2.05, 4.69) is 0 Å². The monoisotopic (exact) mass is 301 g/mol. The molecule has 7 nitrogen and oxygen atoms in total. The Labute approximate surface area is 116 Å². The van der Waals surface area contributed by atoms with E-state index in [9.17, 15) is 13.2 Å². The van der Waals surface area contributed by atoms with Gasteiger partial charge >= 0.3 is 5.97 Å². The summed E-state index contributed by atoms with van der Waals surface area (Å²) in [5, 5.41) is 8.64. The first-order valence-corrected chi connectivity index (χ1v) is 7.61. The number of fused-ring (bicyclic) bond motifs is 1. The molecule has 1 aliphatic rings. The van der Waals surface area contributed by atoms with Gasteiger partial charge in [0.2, 0.25) is 16.8 Å². The lowest BCUT2D eigenvalue weighted by atomic mass is 10.2. The molecule has 1 aromatic carbocycles. The van der Waals surface area contributed by atoms with E-state index >= 15 is 0 Å². The molecular formula is C12H15NO6S. The topological polar surface area (TPSA) is 93.1 Å². The minimum atomic E-state index is -3.82. The van der Waals surface area contributed by atoms with Gasteiger partial charge in [-0.3, -0.25) is 4.79 Å². The van der Waals surface area contributed by atoms with Crippen LogP contribution in [0.4, 0.5) is 0 Å². The lowest BCUT2D eigenvalue weighted by molar-refractivity contribution is -0.134. The Balaban J connectivity index is 2.16. The molecule has 0 fully saturated rings. The van der Waals surface area contributed by atoms with Crippen LogP contribution in [0.15, 0.2) is 18.2 Å². The van der Waals surface area contributed by atoms with Crippen LogP contribution < -0.4 is 9.47 Å². The van der Waals surface area contributed by atoms with E-state index in [4.69, 9.17) is 14.6 Å². The van der Waals surface area contributed by atoms with Crippen LogP contribution in [0.3, 0.4) is 0 Å². The minimum absolute atomic E-state index is 0.1000. The summed E-state index contributed by atoms with van der Waals surface area (Å²) in [6, 6.07) is 5.13. The number of aliphatic carboxylic acids is 1. The van der Waals surface area contributed by atoms with Gasteiger partial charge in [0.1, 0.15) is 0 Å². The number of hydrogen-bond acceptors (Lipinski definition) is 5. The van der Waals surface area contributed by atoms with Crippen molar-refractivity contribution in [1.29, 1.82) is 0 Å². The van der Waals surface area contributed by atoms with Crippen molar-refractivity contribution in [3.63, 3.8) is 0 Å². The second-order valence-electron chi connectivity index (χ2n) is 4.26. The van der Waals surface area contributed by atoms with E-state index in [0.29, 0.717) is 17.1 Å². The van der Waals surface area contributed by atoms with Crippen molar-refractivity contribution in [2.24, 2.45) is 0 Å². The van der Waals surface area contributed by atoms with Crippen LogP contribution in [0.2, 0.25) is 0 Å². The van der Waals surface area contributed by atoms with Crippen LogP contribution in [-0.4, -0.2) is 42.9 Å². The minimum Gasteiger partial charge on any atom is -0.480 e. The molecule has 0 amide bonds. The van der Waals surface area contributed by atoms with Gasteiger partial charge in [0.15, 0.2) is 17.3 Å². The second kappa shape index (κ2) is 5.68. The highest BCUT2D eigenvalue weighted by atomic mass is 32.2. The highest BCUT2D eigenvalue weighted by molar-refractivity contribution is 7.89. The van der Waals surface area contributed by atoms with Crippen LogP contribution >= 0.6 is 0 Å².